The molecule has 1 N–H and O–H groups in total. The molecule has 0 saturated carbocycles. The molecule has 0 spiro atoms. The average molecular weight is 370 g/mol. The summed E-state index contributed by atoms with van der Waals surface area (Å²) in [6.07, 6.45) is 1.46. The van der Waals surface area contributed by atoms with E-state index in [1.54, 1.807) is 12.1 Å². The molecule has 0 radical (unpaired) electrons. The van der Waals surface area contributed by atoms with Crippen LogP contribution in [0.1, 0.15) is 21.6 Å². The second-order valence-electron chi connectivity index (χ2n) is 5.44. The van der Waals surface area contributed by atoms with Crippen LogP contribution in [-0.2, 0) is 5.75 Å². The zero-order valence-corrected chi connectivity index (χ0v) is 15.1. The molecule has 0 atom stereocenters. The summed E-state index contributed by atoms with van der Waals surface area (Å²) >= 11 is 7.56. The van der Waals surface area contributed by atoms with Crippen molar-refractivity contribution in [3.8, 4) is 0 Å². The van der Waals surface area contributed by atoms with Gasteiger partial charge >= 0.3 is 0 Å². The van der Waals surface area contributed by atoms with Gasteiger partial charge in [-0.05, 0) is 24.6 Å². The third-order valence-corrected chi connectivity index (χ3v) is 4.67. The average Bonchev–Trinajstić information content (AvgIpc) is 2.63. The lowest BCUT2D eigenvalue weighted by molar-refractivity contribution is 0.102. The van der Waals surface area contributed by atoms with Crippen molar-refractivity contribution in [2.24, 2.45) is 0 Å². The Morgan fingerprint density at radius 2 is 1.84 bits per heavy atom. The van der Waals surface area contributed by atoms with Crippen molar-refractivity contribution in [2.75, 3.05) is 5.32 Å². The number of aryl methyl sites for hydroxylation is 1. The number of nitrogens with zero attached hydrogens (tertiary/aromatic N) is 2. The Bertz CT molecular complexity index is 870. The van der Waals surface area contributed by atoms with E-state index in [2.05, 4.69) is 46.5 Å². The lowest BCUT2D eigenvalue weighted by atomic mass is 10.2. The summed E-state index contributed by atoms with van der Waals surface area (Å²) in [5.74, 6) is 0.373. The summed E-state index contributed by atoms with van der Waals surface area (Å²) in [6, 6.07) is 17.5. The monoisotopic (exact) mass is 369 g/mol. The molecular formula is C19H16ClN3OS. The topological polar surface area (TPSA) is 54.9 Å². The summed E-state index contributed by atoms with van der Waals surface area (Å²) in [4.78, 5) is 20.9. The summed E-state index contributed by atoms with van der Waals surface area (Å²) < 4.78 is 0. The minimum Gasteiger partial charge on any atom is -0.321 e. The maximum absolute atomic E-state index is 12.4. The Morgan fingerprint density at radius 1 is 1.12 bits per heavy atom. The van der Waals surface area contributed by atoms with Gasteiger partial charge in [0.1, 0.15) is 0 Å². The molecule has 1 aromatic heterocycles. The number of para-hydroxylation sites is 1. The smallest absolute Gasteiger partial charge is 0.275 e. The standard InChI is InChI=1S/C19H16ClN3OS/c1-13-7-9-14(10-8-13)12-25-19-21-11-16(20)17(23-19)18(24)22-15-5-3-2-4-6-15/h2-11H,12H2,1H3,(H,22,24). The van der Waals surface area contributed by atoms with Crippen LogP contribution in [0.25, 0.3) is 0 Å². The molecule has 3 rings (SSSR count). The van der Waals surface area contributed by atoms with Gasteiger partial charge in [0.15, 0.2) is 10.9 Å². The number of amides is 1. The molecule has 2 aromatic carbocycles. The number of halogens is 1. The molecule has 25 heavy (non-hydrogen) atoms. The number of carbonyl (C=O) groups is 1. The maximum Gasteiger partial charge on any atom is 0.275 e. The van der Waals surface area contributed by atoms with Gasteiger partial charge in [-0.25, -0.2) is 9.97 Å². The molecule has 0 unspecified atom stereocenters. The molecule has 1 amide bonds. The highest BCUT2D eigenvalue weighted by Crippen LogP contribution is 2.22. The van der Waals surface area contributed by atoms with E-state index >= 15 is 0 Å². The first-order valence-electron chi connectivity index (χ1n) is 7.69. The first kappa shape index (κ1) is 17.5. The first-order valence-corrected chi connectivity index (χ1v) is 9.05. The molecule has 126 valence electrons. The zero-order chi connectivity index (χ0) is 17.6. The molecule has 0 aliphatic carbocycles. The van der Waals surface area contributed by atoms with Gasteiger partial charge in [0.2, 0.25) is 0 Å². The fraction of sp³-hybridized carbons (Fsp3) is 0.105. The Morgan fingerprint density at radius 3 is 2.56 bits per heavy atom. The van der Waals surface area contributed by atoms with Crippen LogP contribution in [0.15, 0.2) is 66.0 Å². The molecule has 0 saturated heterocycles. The van der Waals surface area contributed by atoms with E-state index in [1.807, 2.05) is 18.2 Å². The van der Waals surface area contributed by atoms with E-state index in [4.69, 9.17) is 11.6 Å². The Labute approximate surface area is 155 Å². The van der Waals surface area contributed by atoms with Gasteiger partial charge in [0.05, 0.1) is 11.2 Å². The summed E-state index contributed by atoms with van der Waals surface area (Å²) in [7, 11) is 0. The van der Waals surface area contributed by atoms with Crippen molar-refractivity contribution in [3.05, 3.63) is 82.6 Å². The second-order valence-corrected chi connectivity index (χ2v) is 6.79. The number of rotatable bonds is 5. The van der Waals surface area contributed by atoms with Gasteiger partial charge in [0, 0.05) is 11.4 Å². The molecule has 0 aliphatic heterocycles. The molecule has 0 bridgehead atoms. The van der Waals surface area contributed by atoms with Crippen LogP contribution in [0.2, 0.25) is 5.02 Å². The van der Waals surface area contributed by atoms with Crippen LogP contribution < -0.4 is 5.32 Å². The van der Waals surface area contributed by atoms with Gasteiger partial charge in [-0.3, -0.25) is 4.79 Å². The van der Waals surface area contributed by atoms with E-state index in [9.17, 15) is 4.79 Å². The number of thioether (sulfide) groups is 1. The summed E-state index contributed by atoms with van der Waals surface area (Å²) in [5.41, 5.74) is 3.25. The maximum atomic E-state index is 12.4. The fourth-order valence-corrected chi connectivity index (χ4v) is 3.07. The molecule has 6 heteroatoms. The molecule has 1 heterocycles. The fourth-order valence-electron chi connectivity index (χ4n) is 2.12. The molecular weight excluding hydrogens is 354 g/mol. The highest BCUT2D eigenvalue weighted by Gasteiger charge is 2.14. The van der Waals surface area contributed by atoms with Crippen molar-refractivity contribution in [2.45, 2.75) is 17.8 Å². The number of anilines is 1. The zero-order valence-electron chi connectivity index (χ0n) is 13.6. The van der Waals surface area contributed by atoms with Crippen LogP contribution in [0.3, 0.4) is 0 Å². The summed E-state index contributed by atoms with van der Waals surface area (Å²) in [5, 5.41) is 3.53. The lowest BCUT2D eigenvalue weighted by Gasteiger charge is -2.07. The van der Waals surface area contributed by atoms with Crippen LogP contribution in [0.4, 0.5) is 5.69 Å². The predicted octanol–water partition coefficient (Wildman–Crippen LogP) is 4.98. The first-order chi connectivity index (χ1) is 12.1. The number of hydrogen-bond donors (Lipinski definition) is 1. The van der Waals surface area contributed by atoms with E-state index < -0.39 is 0 Å². The van der Waals surface area contributed by atoms with Crippen molar-refractivity contribution in [1.29, 1.82) is 0 Å². The predicted molar refractivity (Wildman–Crippen MR) is 102 cm³/mol. The number of nitrogens with one attached hydrogen (secondary N) is 1. The van der Waals surface area contributed by atoms with E-state index in [-0.39, 0.29) is 16.6 Å². The van der Waals surface area contributed by atoms with Crippen molar-refractivity contribution in [3.63, 3.8) is 0 Å². The third kappa shape index (κ3) is 4.81. The molecule has 4 nitrogen and oxygen atoms in total. The van der Waals surface area contributed by atoms with Crippen LogP contribution in [-0.4, -0.2) is 15.9 Å². The molecule has 0 fully saturated rings. The number of aromatic nitrogens is 2. The van der Waals surface area contributed by atoms with Crippen molar-refractivity contribution >= 4 is 35.0 Å². The van der Waals surface area contributed by atoms with E-state index in [0.29, 0.717) is 10.8 Å². The summed E-state index contributed by atoms with van der Waals surface area (Å²) in [6.45, 7) is 2.05. The molecule has 3 aromatic rings. The van der Waals surface area contributed by atoms with Gasteiger partial charge in [0.25, 0.3) is 5.91 Å². The second kappa shape index (κ2) is 8.14. The number of hydrogen-bond acceptors (Lipinski definition) is 4. The largest absolute Gasteiger partial charge is 0.321 e. The number of benzene rings is 2. The van der Waals surface area contributed by atoms with Gasteiger partial charge in [-0.1, -0.05) is 71.4 Å². The minimum absolute atomic E-state index is 0.173. The van der Waals surface area contributed by atoms with E-state index in [1.165, 1.54) is 29.1 Å². The van der Waals surface area contributed by atoms with Gasteiger partial charge < -0.3 is 5.32 Å². The van der Waals surface area contributed by atoms with E-state index in [0.717, 1.165) is 5.75 Å². The number of carbonyl (C=O) groups excluding carboxylic acids is 1. The van der Waals surface area contributed by atoms with Gasteiger partial charge in [-0.15, -0.1) is 0 Å². The van der Waals surface area contributed by atoms with Crippen LogP contribution in [0.5, 0.6) is 0 Å². The quantitative estimate of drug-likeness (QED) is 0.509. The Balaban J connectivity index is 1.71. The Hall–Kier alpha value is -2.37. The van der Waals surface area contributed by atoms with Gasteiger partial charge in [-0.2, -0.15) is 0 Å². The molecule has 0 aliphatic rings. The highest BCUT2D eigenvalue weighted by molar-refractivity contribution is 7.98. The third-order valence-electron chi connectivity index (χ3n) is 3.46. The van der Waals surface area contributed by atoms with Crippen LogP contribution in [0, 0.1) is 6.92 Å². The highest BCUT2D eigenvalue weighted by atomic mass is 35.5. The Kier molecular flexibility index (Phi) is 5.68. The van der Waals surface area contributed by atoms with Crippen LogP contribution >= 0.6 is 23.4 Å². The minimum atomic E-state index is -0.351. The van der Waals surface area contributed by atoms with Crippen molar-refractivity contribution in [1.82, 2.24) is 9.97 Å². The SMILES string of the molecule is Cc1ccc(CSc2ncc(Cl)c(C(=O)Nc3ccccc3)n2)cc1. The lowest BCUT2D eigenvalue weighted by Crippen LogP contribution is -2.15. The normalized spacial score (nSPS) is 10.5. The van der Waals surface area contributed by atoms with Crippen molar-refractivity contribution < 1.29 is 4.79 Å².